The van der Waals surface area contributed by atoms with Crippen LogP contribution in [0.25, 0.3) is 0 Å². The fourth-order valence-corrected chi connectivity index (χ4v) is 1.27. The summed E-state index contributed by atoms with van der Waals surface area (Å²) in [5, 5.41) is 18.9. The zero-order valence-corrected chi connectivity index (χ0v) is 8.86. The third-order valence-electron chi connectivity index (χ3n) is 2.40. The van der Waals surface area contributed by atoms with Crippen LogP contribution in [0, 0.1) is 5.92 Å². The number of unbranched alkanes of at least 4 members (excludes halogenated alkanes) is 2. The number of hydrogen-bond acceptors (Lipinski definition) is 3. The molecule has 3 nitrogen and oxygen atoms in total. The van der Waals surface area contributed by atoms with Gasteiger partial charge in [0.25, 0.3) is 0 Å². The van der Waals surface area contributed by atoms with Crippen LogP contribution in [0.5, 0.6) is 0 Å². The summed E-state index contributed by atoms with van der Waals surface area (Å²) < 4.78 is 4.73. The first kappa shape index (κ1) is 12.9. The van der Waals surface area contributed by atoms with E-state index in [0.29, 0.717) is 0 Å². The van der Waals surface area contributed by atoms with E-state index < -0.39 is 12.4 Å². The van der Waals surface area contributed by atoms with Gasteiger partial charge in [0.15, 0.2) is 6.29 Å². The number of rotatable bonds is 7. The van der Waals surface area contributed by atoms with Gasteiger partial charge in [0.05, 0.1) is 6.10 Å². The SMILES string of the molecule is CCCCCC(O)C(C)C(O)OC. The van der Waals surface area contributed by atoms with E-state index in [1.165, 1.54) is 7.11 Å². The van der Waals surface area contributed by atoms with Crippen molar-refractivity contribution in [3.8, 4) is 0 Å². The monoisotopic (exact) mass is 190 g/mol. The molecule has 0 aromatic carbocycles. The lowest BCUT2D eigenvalue weighted by Crippen LogP contribution is -2.30. The third-order valence-corrected chi connectivity index (χ3v) is 2.40. The molecule has 2 N–H and O–H groups in total. The summed E-state index contributed by atoms with van der Waals surface area (Å²) >= 11 is 0. The molecule has 0 aliphatic rings. The average molecular weight is 190 g/mol. The van der Waals surface area contributed by atoms with Gasteiger partial charge in [-0.15, -0.1) is 0 Å². The highest BCUT2D eigenvalue weighted by molar-refractivity contribution is 4.66. The van der Waals surface area contributed by atoms with Crippen molar-refractivity contribution in [3.05, 3.63) is 0 Å². The number of hydrogen-bond donors (Lipinski definition) is 2. The van der Waals surface area contributed by atoms with E-state index in [-0.39, 0.29) is 5.92 Å². The van der Waals surface area contributed by atoms with E-state index in [9.17, 15) is 10.2 Å². The minimum absolute atomic E-state index is 0.207. The van der Waals surface area contributed by atoms with Gasteiger partial charge in [-0.25, -0.2) is 0 Å². The van der Waals surface area contributed by atoms with Crippen LogP contribution in [-0.2, 0) is 4.74 Å². The second-order valence-corrected chi connectivity index (χ2v) is 3.55. The summed E-state index contributed by atoms with van der Waals surface area (Å²) in [7, 11) is 1.44. The Morgan fingerprint density at radius 2 is 1.85 bits per heavy atom. The van der Waals surface area contributed by atoms with Crippen LogP contribution in [-0.4, -0.2) is 29.7 Å². The van der Waals surface area contributed by atoms with Crippen molar-refractivity contribution in [1.29, 1.82) is 0 Å². The smallest absolute Gasteiger partial charge is 0.159 e. The molecule has 0 saturated carbocycles. The number of methoxy groups -OCH3 is 1. The predicted molar refractivity (Wildman–Crippen MR) is 52.3 cm³/mol. The van der Waals surface area contributed by atoms with Gasteiger partial charge >= 0.3 is 0 Å². The zero-order valence-electron chi connectivity index (χ0n) is 8.86. The van der Waals surface area contributed by atoms with Crippen molar-refractivity contribution in [2.75, 3.05) is 7.11 Å². The van der Waals surface area contributed by atoms with E-state index in [1.54, 1.807) is 6.92 Å². The molecule has 0 aromatic heterocycles. The molecule has 0 rings (SSSR count). The van der Waals surface area contributed by atoms with Crippen LogP contribution in [0.1, 0.15) is 39.5 Å². The van der Waals surface area contributed by atoms with E-state index in [4.69, 9.17) is 4.74 Å². The lowest BCUT2D eigenvalue weighted by molar-refractivity contribution is -0.136. The lowest BCUT2D eigenvalue weighted by atomic mass is 9.99. The Bertz CT molecular complexity index is 117. The predicted octanol–water partition coefficient (Wildman–Crippen LogP) is 1.53. The summed E-state index contributed by atoms with van der Waals surface area (Å²) in [5.41, 5.74) is 0. The molecule has 0 saturated heterocycles. The molecule has 3 unspecified atom stereocenters. The topological polar surface area (TPSA) is 49.7 Å². The summed E-state index contributed by atoms with van der Waals surface area (Å²) in [4.78, 5) is 0. The minimum Gasteiger partial charge on any atom is -0.393 e. The summed E-state index contributed by atoms with van der Waals surface area (Å²) in [6.07, 6.45) is 2.73. The zero-order chi connectivity index (χ0) is 10.3. The molecule has 0 aliphatic heterocycles. The van der Waals surface area contributed by atoms with E-state index in [1.807, 2.05) is 0 Å². The van der Waals surface area contributed by atoms with E-state index >= 15 is 0 Å². The normalized spacial score (nSPS) is 18.2. The van der Waals surface area contributed by atoms with Gasteiger partial charge < -0.3 is 14.9 Å². The molecule has 0 aromatic rings. The average Bonchev–Trinajstić information content (AvgIpc) is 2.15. The van der Waals surface area contributed by atoms with Crippen molar-refractivity contribution in [3.63, 3.8) is 0 Å². The van der Waals surface area contributed by atoms with Crippen LogP contribution < -0.4 is 0 Å². The molecular weight excluding hydrogens is 168 g/mol. The highest BCUT2D eigenvalue weighted by Crippen LogP contribution is 2.15. The maximum absolute atomic E-state index is 9.61. The largest absolute Gasteiger partial charge is 0.393 e. The second kappa shape index (κ2) is 7.30. The van der Waals surface area contributed by atoms with Crippen molar-refractivity contribution < 1.29 is 14.9 Å². The van der Waals surface area contributed by atoms with Crippen molar-refractivity contribution in [2.24, 2.45) is 5.92 Å². The number of aliphatic hydroxyl groups excluding tert-OH is 2. The van der Waals surface area contributed by atoms with Crippen molar-refractivity contribution in [1.82, 2.24) is 0 Å². The van der Waals surface area contributed by atoms with Gasteiger partial charge in [0.2, 0.25) is 0 Å². The lowest BCUT2D eigenvalue weighted by Gasteiger charge is -2.22. The van der Waals surface area contributed by atoms with Crippen molar-refractivity contribution >= 4 is 0 Å². The molecule has 3 heteroatoms. The Labute approximate surface area is 80.7 Å². The first-order valence-electron chi connectivity index (χ1n) is 5.02. The molecule has 0 heterocycles. The Balaban J connectivity index is 3.62. The molecule has 3 atom stereocenters. The Kier molecular flexibility index (Phi) is 7.23. The molecule has 0 radical (unpaired) electrons. The molecule has 0 spiro atoms. The van der Waals surface area contributed by atoms with Gasteiger partial charge in [0.1, 0.15) is 0 Å². The highest BCUT2D eigenvalue weighted by atomic mass is 16.6. The molecule has 0 amide bonds. The maximum atomic E-state index is 9.61. The molecule has 0 aliphatic carbocycles. The van der Waals surface area contributed by atoms with Crippen LogP contribution in [0.3, 0.4) is 0 Å². The Morgan fingerprint density at radius 3 is 2.31 bits per heavy atom. The third kappa shape index (κ3) is 5.24. The van der Waals surface area contributed by atoms with Crippen LogP contribution in [0.15, 0.2) is 0 Å². The standard InChI is InChI=1S/C10H22O3/c1-4-5-6-7-9(11)8(2)10(12)13-3/h8-12H,4-7H2,1-3H3. The van der Waals surface area contributed by atoms with Crippen LogP contribution in [0.2, 0.25) is 0 Å². The summed E-state index contributed by atoms with van der Waals surface area (Å²) in [6.45, 7) is 3.92. The fourth-order valence-electron chi connectivity index (χ4n) is 1.27. The molecule has 80 valence electrons. The van der Waals surface area contributed by atoms with E-state index in [0.717, 1.165) is 25.7 Å². The summed E-state index contributed by atoms with van der Waals surface area (Å²) in [6, 6.07) is 0. The van der Waals surface area contributed by atoms with Gasteiger partial charge in [-0.2, -0.15) is 0 Å². The van der Waals surface area contributed by atoms with Crippen molar-refractivity contribution in [2.45, 2.75) is 51.9 Å². The molecule has 0 bridgehead atoms. The fraction of sp³-hybridized carbons (Fsp3) is 1.00. The molecular formula is C10H22O3. The van der Waals surface area contributed by atoms with Gasteiger partial charge in [-0.3, -0.25) is 0 Å². The number of aliphatic hydroxyl groups is 2. The quantitative estimate of drug-likeness (QED) is 0.473. The highest BCUT2D eigenvalue weighted by Gasteiger charge is 2.21. The first-order chi connectivity index (χ1) is 6.13. The Morgan fingerprint density at radius 1 is 1.23 bits per heavy atom. The van der Waals surface area contributed by atoms with Gasteiger partial charge in [0, 0.05) is 13.0 Å². The second-order valence-electron chi connectivity index (χ2n) is 3.55. The van der Waals surface area contributed by atoms with Crippen LogP contribution >= 0.6 is 0 Å². The van der Waals surface area contributed by atoms with Crippen LogP contribution in [0.4, 0.5) is 0 Å². The molecule has 0 fully saturated rings. The Hall–Kier alpha value is -0.120. The summed E-state index contributed by atoms with van der Waals surface area (Å²) in [5.74, 6) is -0.207. The minimum atomic E-state index is -0.850. The molecule has 13 heavy (non-hydrogen) atoms. The van der Waals surface area contributed by atoms with E-state index in [2.05, 4.69) is 6.92 Å². The number of ether oxygens (including phenoxy) is 1. The van der Waals surface area contributed by atoms with Gasteiger partial charge in [-0.1, -0.05) is 33.1 Å². The maximum Gasteiger partial charge on any atom is 0.159 e. The first-order valence-corrected chi connectivity index (χ1v) is 5.02. The van der Waals surface area contributed by atoms with Gasteiger partial charge in [-0.05, 0) is 6.42 Å².